The van der Waals surface area contributed by atoms with Gasteiger partial charge in [-0.1, -0.05) is 18.2 Å². The van der Waals surface area contributed by atoms with E-state index in [0.29, 0.717) is 12.0 Å². The van der Waals surface area contributed by atoms with Gasteiger partial charge in [-0.15, -0.1) is 0 Å². The molecule has 3 heteroatoms. The molecule has 0 heterocycles. The largest absolute Gasteiger partial charge is 0.396 e. The van der Waals surface area contributed by atoms with E-state index in [2.05, 4.69) is 5.73 Å². The Hall–Kier alpha value is -0.930. The smallest absolute Gasteiger partial charge is 0.132 e. The van der Waals surface area contributed by atoms with Crippen molar-refractivity contribution in [2.75, 3.05) is 6.61 Å². The molecule has 4 N–H and O–H groups in total. The molecule has 0 saturated carbocycles. The van der Waals surface area contributed by atoms with E-state index in [1.807, 2.05) is 0 Å². The standard InChI is InChI=1S/C9H12FNO/c10-8-4-2-1-3-7(8)9(11)5-6-12/h1-4,9,12H,5-6,11H2/p+1/t9-/m0/s1. The molecule has 2 nitrogen and oxygen atoms in total. The Balaban J connectivity index is 2.79. The van der Waals surface area contributed by atoms with Gasteiger partial charge in [0.2, 0.25) is 0 Å². The molecule has 0 aliphatic heterocycles. The maximum atomic E-state index is 13.0. The third kappa shape index (κ3) is 2.03. The predicted octanol–water partition coefficient (Wildman–Crippen LogP) is 0.491. The highest BCUT2D eigenvalue weighted by Crippen LogP contribution is 2.14. The number of aliphatic hydroxyl groups is 1. The zero-order chi connectivity index (χ0) is 8.97. The second kappa shape index (κ2) is 4.18. The van der Waals surface area contributed by atoms with Crippen molar-refractivity contribution in [3.63, 3.8) is 0 Å². The second-order valence-corrected chi connectivity index (χ2v) is 2.73. The van der Waals surface area contributed by atoms with E-state index in [1.54, 1.807) is 18.2 Å². The van der Waals surface area contributed by atoms with Crippen LogP contribution in [0.15, 0.2) is 24.3 Å². The summed E-state index contributed by atoms with van der Waals surface area (Å²) in [4.78, 5) is 0. The van der Waals surface area contributed by atoms with Crippen LogP contribution in [-0.4, -0.2) is 11.7 Å². The minimum absolute atomic E-state index is 0.0441. The van der Waals surface area contributed by atoms with Crippen molar-refractivity contribution in [3.8, 4) is 0 Å². The maximum Gasteiger partial charge on any atom is 0.132 e. The van der Waals surface area contributed by atoms with Crippen LogP contribution in [0, 0.1) is 5.82 Å². The Bertz CT molecular complexity index is 252. The summed E-state index contributed by atoms with van der Waals surface area (Å²) < 4.78 is 13.0. The van der Waals surface area contributed by atoms with Crippen molar-refractivity contribution in [2.45, 2.75) is 12.5 Å². The van der Waals surface area contributed by atoms with E-state index in [0.717, 1.165) is 0 Å². The van der Waals surface area contributed by atoms with Crippen LogP contribution in [0.25, 0.3) is 0 Å². The Morgan fingerprint density at radius 1 is 1.42 bits per heavy atom. The van der Waals surface area contributed by atoms with Gasteiger partial charge in [-0.2, -0.15) is 0 Å². The molecule has 0 aliphatic rings. The number of hydrogen-bond acceptors (Lipinski definition) is 1. The zero-order valence-corrected chi connectivity index (χ0v) is 6.83. The van der Waals surface area contributed by atoms with Gasteiger partial charge in [-0.25, -0.2) is 4.39 Å². The summed E-state index contributed by atoms with van der Waals surface area (Å²) >= 11 is 0. The molecular formula is C9H13FNO+. The number of rotatable bonds is 3. The van der Waals surface area contributed by atoms with Crippen LogP contribution in [0.4, 0.5) is 4.39 Å². The lowest BCUT2D eigenvalue weighted by atomic mass is 10.0. The molecule has 1 aromatic carbocycles. The summed E-state index contributed by atoms with van der Waals surface area (Å²) in [5.74, 6) is -0.244. The molecule has 0 unspecified atom stereocenters. The van der Waals surface area contributed by atoms with Crippen LogP contribution in [-0.2, 0) is 0 Å². The maximum absolute atomic E-state index is 13.0. The molecule has 66 valence electrons. The zero-order valence-electron chi connectivity index (χ0n) is 6.83. The average Bonchev–Trinajstić information content (AvgIpc) is 2.05. The van der Waals surface area contributed by atoms with Crippen LogP contribution in [0.5, 0.6) is 0 Å². The molecule has 12 heavy (non-hydrogen) atoms. The Morgan fingerprint density at radius 2 is 2.08 bits per heavy atom. The first-order valence-corrected chi connectivity index (χ1v) is 3.94. The third-order valence-electron chi connectivity index (χ3n) is 1.82. The lowest BCUT2D eigenvalue weighted by molar-refractivity contribution is -0.429. The van der Waals surface area contributed by atoms with Gasteiger partial charge in [0.1, 0.15) is 11.9 Å². The van der Waals surface area contributed by atoms with Gasteiger partial charge in [0.05, 0.1) is 0 Å². The van der Waals surface area contributed by atoms with Gasteiger partial charge in [0.15, 0.2) is 0 Å². The highest BCUT2D eigenvalue weighted by Gasteiger charge is 2.12. The molecule has 0 amide bonds. The summed E-state index contributed by atoms with van der Waals surface area (Å²) in [5, 5.41) is 8.63. The van der Waals surface area contributed by atoms with Crippen molar-refractivity contribution in [1.29, 1.82) is 0 Å². The number of benzene rings is 1. The fourth-order valence-electron chi connectivity index (χ4n) is 1.12. The average molecular weight is 170 g/mol. The van der Waals surface area contributed by atoms with Crippen molar-refractivity contribution in [3.05, 3.63) is 35.6 Å². The molecule has 0 radical (unpaired) electrons. The predicted molar refractivity (Wildman–Crippen MR) is 43.7 cm³/mol. The molecular weight excluding hydrogens is 157 g/mol. The second-order valence-electron chi connectivity index (χ2n) is 2.73. The highest BCUT2D eigenvalue weighted by molar-refractivity contribution is 5.19. The molecule has 0 spiro atoms. The van der Waals surface area contributed by atoms with Gasteiger partial charge >= 0.3 is 0 Å². The number of aliphatic hydroxyl groups excluding tert-OH is 1. The molecule has 1 rings (SSSR count). The molecule has 0 aliphatic carbocycles. The van der Waals surface area contributed by atoms with Crippen molar-refractivity contribution < 1.29 is 15.2 Å². The molecule has 1 aromatic rings. The van der Waals surface area contributed by atoms with Crippen LogP contribution in [0.1, 0.15) is 18.0 Å². The van der Waals surface area contributed by atoms with Crippen molar-refractivity contribution in [2.24, 2.45) is 0 Å². The van der Waals surface area contributed by atoms with E-state index >= 15 is 0 Å². The van der Waals surface area contributed by atoms with Gasteiger partial charge < -0.3 is 10.8 Å². The van der Waals surface area contributed by atoms with E-state index in [4.69, 9.17) is 5.11 Å². The minimum atomic E-state index is -0.244. The van der Waals surface area contributed by atoms with E-state index < -0.39 is 0 Å². The van der Waals surface area contributed by atoms with Crippen molar-refractivity contribution in [1.82, 2.24) is 0 Å². The van der Waals surface area contributed by atoms with Crippen molar-refractivity contribution >= 4 is 0 Å². The molecule has 1 atom stereocenters. The normalized spacial score (nSPS) is 12.9. The molecule has 0 aromatic heterocycles. The fraction of sp³-hybridized carbons (Fsp3) is 0.333. The van der Waals surface area contributed by atoms with Crippen LogP contribution in [0.2, 0.25) is 0 Å². The SMILES string of the molecule is [NH3+][C@@H](CCO)c1ccccc1F. The summed E-state index contributed by atoms with van der Waals surface area (Å²) in [7, 11) is 0. The van der Waals surface area contributed by atoms with E-state index in [9.17, 15) is 4.39 Å². The molecule has 0 saturated heterocycles. The summed E-state index contributed by atoms with van der Waals surface area (Å²) in [6.45, 7) is 0.0441. The summed E-state index contributed by atoms with van der Waals surface area (Å²) in [6.07, 6.45) is 0.501. The first-order chi connectivity index (χ1) is 5.75. The monoisotopic (exact) mass is 170 g/mol. The van der Waals surface area contributed by atoms with Crippen LogP contribution >= 0.6 is 0 Å². The quantitative estimate of drug-likeness (QED) is 0.681. The summed E-state index contributed by atoms with van der Waals surface area (Å²) in [5.41, 5.74) is 4.33. The fourth-order valence-corrected chi connectivity index (χ4v) is 1.12. The Kier molecular flexibility index (Phi) is 3.19. The number of halogens is 1. The first kappa shape index (κ1) is 9.16. The number of quaternary nitrogens is 1. The van der Waals surface area contributed by atoms with Gasteiger partial charge in [-0.3, -0.25) is 0 Å². The van der Waals surface area contributed by atoms with Gasteiger partial charge in [0.25, 0.3) is 0 Å². The summed E-state index contributed by atoms with van der Waals surface area (Å²) in [6, 6.07) is 6.36. The third-order valence-corrected chi connectivity index (χ3v) is 1.82. The molecule has 0 bridgehead atoms. The molecule has 0 fully saturated rings. The Labute approximate surface area is 70.8 Å². The van der Waals surface area contributed by atoms with E-state index in [-0.39, 0.29) is 18.5 Å². The van der Waals surface area contributed by atoms with E-state index in [1.165, 1.54) is 6.07 Å². The topological polar surface area (TPSA) is 47.9 Å². The minimum Gasteiger partial charge on any atom is -0.396 e. The lowest BCUT2D eigenvalue weighted by Crippen LogP contribution is -2.54. The lowest BCUT2D eigenvalue weighted by Gasteiger charge is -2.07. The highest BCUT2D eigenvalue weighted by atomic mass is 19.1. The Morgan fingerprint density at radius 3 is 2.67 bits per heavy atom. The van der Waals surface area contributed by atoms with Crippen LogP contribution in [0.3, 0.4) is 0 Å². The first-order valence-electron chi connectivity index (χ1n) is 3.94. The van der Waals surface area contributed by atoms with Gasteiger partial charge in [0, 0.05) is 18.6 Å². The number of hydrogen-bond donors (Lipinski definition) is 2. The van der Waals surface area contributed by atoms with Crippen LogP contribution < -0.4 is 5.73 Å². The van der Waals surface area contributed by atoms with Gasteiger partial charge in [-0.05, 0) is 6.07 Å².